The van der Waals surface area contributed by atoms with Crippen molar-refractivity contribution in [3.05, 3.63) is 59.9 Å². The van der Waals surface area contributed by atoms with Gasteiger partial charge in [-0.2, -0.15) is 0 Å². The SMILES string of the molecule is CCCNC(CSc1ccncc1)c1cccc(C)c1. The monoisotopic (exact) mass is 286 g/mol. The Morgan fingerprint density at radius 2 is 2.00 bits per heavy atom. The normalized spacial score (nSPS) is 12.3. The Bertz CT molecular complexity index is 513. The number of thioether (sulfide) groups is 1. The second-order valence-electron chi connectivity index (χ2n) is 4.91. The molecule has 2 rings (SSSR count). The van der Waals surface area contributed by atoms with Crippen molar-refractivity contribution in [1.82, 2.24) is 10.3 Å². The summed E-state index contributed by atoms with van der Waals surface area (Å²) < 4.78 is 0. The maximum Gasteiger partial charge on any atom is 0.0415 e. The molecule has 0 aliphatic heterocycles. The fraction of sp³-hybridized carbons (Fsp3) is 0.353. The van der Waals surface area contributed by atoms with Gasteiger partial charge in [0.1, 0.15) is 0 Å². The van der Waals surface area contributed by atoms with Gasteiger partial charge in [0, 0.05) is 29.1 Å². The van der Waals surface area contributed by atoms with E-state index in [1.54, 1.807) is 0 Å². The summed E-state index contributed by atoms with van der Waals surface area (Å²) in [5, 5.41) is 3.65. The predicted octanol–water partition coefficient (Wildman–Crippen LogP) is 4.22. The summed E-state index contributed by atoms with van der Waals surface area (Å²) >= 11 is 1.88. The largest absolute Gasteiger partial charge is 0.309 e. The molecule has 1 atom stereocenters. The zero-order chi connectivity index (χ0) is 14.2. The highest BCUT2D eigenvalue weighted by molar-refractivity contribution is 7.99. The first-order valence-corrected chi connectivity index (χ1v) is 8.11. The van der Waals surface area contributed by atoms with E-state index in [9.17, 15) is 0 Å². The molecule has 0 amide bonds. The van der Waals surface area contributed by atoms with E-state index < -0.39 is 0 Å². The minimum absolute atomic E-state index is 0.396. The molecule has 1 heterocycles. The first kappa shape index (κ1) is 15.1. The number of hydrogen-bond donors (Lipinski definition) is 1. The number of aryl methyl sites for hydroxylation is 1. The molecule has 0 bridgehead atoms. The zero-order valence-corrected chi connectivity index (χ0v) is 13.0. The molecule has 1 N–H and O–H groups in total. The van der Waals surface area contributed by atoms with Gasteiger partial charge >= 0.3 is 0 Å². The molecular formula is C17H22N2S. The third kappa shape index (κ3) is 4.66. The van der Waals surface area contributed by atoms with Crippen LogP contribution >= 0.6 is 11.8 Å². The van der Waals surface area contributed by atoms with Gasteiger partial charge in [-0.05, 0) is 37.6 Å². The fourth-order valence-electron chi connectivity index (χ4n) is 2.09. The Labute approximate surface area is 126 Å². The number of nitrogens with zero attached hydrogens (tertiary/aromatic N) is 1. The van der Waals surface area contributed by atoms with Gasteiger partial charge in [-0.3, -0.25) is 4.98 Å². The van der Waals surface area contributed by atoms with E-state index in [0.717, 1.165) is 18.7 Å². The molecule has 0 saturated heterocycles. The lowest BCUT2D eigenvalue weighted by atomic mass is 10.1. The van der Waals surface area contributed by atoms with Gasteiger partial charge < -0.3 is 5.32 Å². The summed E-state index contributed by atoms with van der Waals surface area (Å²) in [6.07, 6.45) is 4.86. The van der Waals surface area contributed by atoms with Crippen LogP contribution in [0.3, 0.4) is 0 Å². The molecule has 1 unspecified atom stereocenters. The van der Waals surface area contributed by atoms with Crippen LogP contribution < -0.4 is 5.32 Å². The number of pyridine rings is 1. The van der Waals surface area contributed by atoms with Crippen LogP contribution in [0.5, 0.6) is 0 Å². The van der Waals surface area contributed by atoms with Gasteiger partial charge in [0.15, 0.2) is 0 Å². The lowest BCUT2D eigenvalue weighted by Gasteiger charge is -2.19. The minimum atomic E-state index is 0.396. The Morgan fingerprint density at radius 3 is 2.70 bits per heavy atom. The van der Waals surface area contributed by atoms with Crippen LogP contribution in [0.1, 0.15) is 30.5 Å². The van der Waals surface area contributed by atoms with Crippen LogP contribution in [-0.4, -0.2) is 17.3 Å². The Morgan fingerprint density at radius 1 is 1.20 bits per heavy atom. The molecule has 20 heavy (non-hydrogen) atoms. The molecule has 1 aromatic carbocycles. The number of rotatable bonds is 7. The number of aromatic nitrogens is 1. The van der Waals surface area contributed by atoms with E-state index in [0.29, 0.717) is 6.04 Å². The topological polar surface area (TPSA) is 24.9 Å². The smallest absolute Gasteiger partial charge is 0.0415 e. The van der Waals surface area contributed by atoms with E-state index in [1.807, 2.05) is 24.2 Å². The molecular weight excluding hydrogens is 264 g/mol. The standard InChI is InChI=1S/C17H22N2S/c1-3-9-19-17(15-6-4-5-14(2)12-15)13-20-16-7-10-18-11-8-16/h4-8,10-12,17,19H,3,9,13H2,1-2H3. The second kappa shape index (κ2) is 8.08. The van der Waals surface area contributed by atoms with Crippen LogP contribution in [0.15, 0.2) is 53.7 Å². The van der Waals surface area contributed by atoms with E-state index in [4.69, 9.17) is 0 Å². The number of nitrogens with one attached hydrogen (secondary N) is 1. The van der Waals surface area contributed by atoms with E-state index in [2.05, 4.69) is 60.5 Å². The molecule has 0 saturated carbocycles. The van der Waals surface area contributed by atoms with Crippen LogP contribution in [0.4, 0.5) is 0 Å². The van der Waals surface area contributed by atoms with Gasteiger partial charge in [0.2, 0.25) is 0 Å². The summed E-state index contributed by atoms with van der Waals surface area (Å²) in [6, 6.07) is 13.3. The first-order chi connectivity index (χ1) is 9.79. The number of hydrogen-bond acceptors (Lipinski definition) is 3. The van der Waals surface area contributed by atoms with E-state index in [1.165, 1.54) is 16.0 Å². The Balaban J connectivity index is 2.03. The minimum Gasteiger partial charge on any atom is -0.309 e. The van der Waals surface area contributed by atoms with Crippen LogP contribution in [-0.2, 0) is 0 Å². The van der Waals surface area contributed by atoms with Crippen molar-refractivity contribution in [2.75, 3.05) is 12.3 Å². The highest BCUT2D eigenvalue weighted by Gasteiger charge is 2.11. The molecule has 2 aromatic rings. The quantitative estimate of drug-likeness (QED) is 0.771. The Hall–Kier alpha value is -1.32. The molecule has 3 heteroatoms. The van der Waals surface area contributed by atoms with Crippen LogP contribution in [0, 0.1) is 6.92 Å². The van der Waals surface area contributed by atoms with Gasteiger partial charge in [-0.1, -0.05) is 36.8 Å². The van der Waals surface area contributed by atoms with Gasteiger partial charge in [0.05, 0.1) is 0 Å². The maximum atomic E-state index is 4.06. The average Bonchev–Trinajstić information content (AvgIpc) is 2.48. The summed E-state index contributed by atoms with van der Waals surface area (Å²) in [4.78, 5) is 5.34. The van der Waals surface area contributed by atoms with Crippen molar-refractivity contribution < 1.29 is 0 Å². The highest BCUT2D eigenvalue weighted by Crippen LogP contribution is 2.24. The van der Waals surface area contributed by atoms with Crippen molar-refractivity contribution in [1.29, 1.82) is 0 Å². The van der Waals surface area contributed by atoms with E-state index in [-0.39, 0.29) is 0 Å². The van der Waals surface area contributed by atoms with Gasteiger partial charge in [-0.25, -0.2) is 0 Å². The van der Waals surface area contributed by atoms with Gasteiger partial charge in [-0.15, -0.1) is 11.8 Å². The molecule has 0 aliphatic carbocycles. The third-order valence-corrected chi connectivity index (χ3v) is 4.26. The second-order valence-corrected chi connectivity index (χ2v) is 6.01. The molecule has 106 valence electrons. The summed E-state index contributed by atoms with van der Waals surface area (Å²) in [5.74, 6) is 1.04. The fourth-order valence-corrected chi connectivity index (χ4v) is 3.08. The number of benzene rings is 1. The van der Waals surface area contributed by atoms with Gasteiger partial charge in [0.25, 0.3) is 0 Å². The average molecular weight is 286 g/mol. The molecule has 0 spiro atoms. The summed E-state index contributed by atoms with van der Waals surface area (Å²) in [6.45, 7) is 5.40. The highest BCUT2D eigenvalue weighted by atomic mass is 32.2. The van der Waals surface area contributed by atoms with Crippen molar-refractivity contribution >= 4 is 11.8 Å². The zero-order valence-electron chi connectivity index (χ0n) is 12.2. The molecule has 0 fully saturated rings. The molecule has 1 aromatic heterocycles. The predicted molar refractivity (Wildman–Crippen MR) is 87.2 cm³/mol. The Kier molecular flexibility index (Phi) is 6.09. The maximum absolute atomic E-state index is 4.06. The van der Waals surface area contributed by atoms with Crippen LogP contribution in [0.2, 0.25) is 0 Å². The molecule has 0 aliphatic rings. The molecule has 0 radical (unpaired) electrons. The van der Waals surface area contributed by atoms with Crippen molar-refractivity contribution in [2.45, 2.75) is 31.2 Å². The summed E-state index contributed by atoms with van der Waals surface area (Å²) in [5.41, 5.74) is 2.69. The summed E-state index contributed by atoms with van der Waals surface area (Å²) in [7, 11) is 0. The third-order valence-electron chi connectivity index (χ3n) is 3.15. The molecule has 2 nitrogen and oxygen atoms in total. The lowest BCUT2D eigenvalue weighted by Crippen LogP contribution is -2.24. The van der Waals surface area contributed by atoms with Crippen molar-refractivity contribution in [3.8, 4) is 0 Å². The van der Waals surface area contributed by atoms with E-state index >= 15 is 0 Å². The van der Waals surface area contributed by atoms with Crippen LogP contribution in [0.25, 0.3) is 0 Å². The first-order valence-electron chi connectivity index (χ1n) is 7.12. The van der Waals surface area contributed by atoms with Crippen molar-refractivity contribution in [2.24, 2.45) is 0 Å². The van der Waals surface area contributed by atoms with Crippen molar-refractivity contribution in [3.63, 3.8) is 0 Å². The lowest BCUT2D eigenvalue weighted by molar-refractivity contribution is 0.577.